The van der Waals surface area contributed by atoms with E-state index in [0.29, 0.717) is 0 Å². The van der Waals surface area contributed by atoms with E-state index in [0.717, 1.165) is 25.3 Å². The Labute approximate surface area is 113 Å². The van der Waals surface area contributed by atoms with Gasteiger partial charge in [-0.1, -0.05) is 25.1 Å². The van der Waals surface area contributed by atoms with Gasteiger partial charge in [0.25, 0.3) is 0 Å². The zero-order valence-electron chi connectivity index (χ0n) is 10.7. The van der Waals surface area contributed by atoms with Crippen molar-refractivity contribution in [3.05, 3.63) is 30.3 Å². The number of rotatable bonds is 6. The van der Waals surface area contributed by atoms with Crippen LogP contribution < -0.4 is 10.6 Å². The van der Waals surface area contributed by atoms with Crippen molar-refractivity contribution >= 4 is 17.7 Å². The molecule has 3 nitrogen and oxygen atoms in total. The van der Waals surface area contributed by atoms with Crippen molar-refractivity contribution < 1.29 is 4.79 Å². The molecule has 2 N–H and O–H groups in total. The Morgan fingerprint density at radius 2 is 2.17 bits per heavy atom. The van der Waals surface area contributed by atoms with Crippen molar-refractivity contribution in [3.8, 4) is 0 Å². The van der Waals surface area contributed by atoms with Gasteiger partial charge in [-0.2, -0.15) is 0 Å². The van der Waals surface area contributed by atoms with Crippen molar-refractivity contribution in [2.75, 3.05) is 18.8 Å². The lowest BCUT2D eigenvalue weighted by molar-refractivity contribution is -0.127. The third-order valence-electron chi connectivity index (χ3n) is 3.19. The van der Waals surface area contributed by atoms with Gasteiger partial charge in [0.05, 0.1) is 5.92 Å². The maximum absolute atomic E-state index is 11.8. The normalized spacial score (nSPS) is 16.9. The van der Waals surface area contributed by atoms with Gasteiger partial charge in [0, 0.05) is 29.8 Å². The summed E-state index contributed by atoms with van der Waals surface area (Å²) in [5.74, 6) is 1.32. The predicted molar refractivity (Wildman–Crippen MR) is 75.7 cm³/mol. The fourth-order valence-corrected chi connectivity index (χ4v) is 2.83. The highest BCUT2D eigenvalue weighted by Gasteiger charge is 2.26. The average Bonchev–Trinajstić information content (AvgIpc) is 2.33. The van der Waals surface area contributed by atoms with Crippen LogP contribution in [0, 0.1) is 5.92 Å². The Morgan fingerprint density at radius 3 is 2.72 bits per heavy atom. The molecule has 0 radical (unpaired) electrons. The molecule has 0 aliphatic carbocycles. The van der Waals surface area contributed by atoms with Crippen LogP contribution in [0.2, 0.25) is 0 Å². The highest BCUT2D eigenvalue weighted by molar-refractivity contribution is 7.99. The van der Waals surface area contributed by atoms with Gasteiger partial charge in [0.2, 0.25) is 5.91 Å². The zero-order chi connectivity index (χ0) is 12.8. The monoisotopic (exact) mass is 264 g/mol. The first kappa shape index (κ1) is 13.4. The Bertz CT molecular complexity index is 379. The van der Waals surface area contributed by atoms with Crippen LogP contribution in [-0.4, -0.2) is 30.8 Å². The molecule has 1 saturated heterocycles. The summed E-state index contributed by atoms with van der Waals surface area (Å²) in [4.78, 5) is 13.1. The van der Waals surface area contributed by atoms with Crippen molar-refractivity contribution in [1.29, 1.82) is 0 Å². The lowest BCUT2D eigenvalue weighted by Gasteiger charge is -2.28. The van der Waals surface area contributed by atoms with E-state index in [1.807, 2.05) is 18.2 Å². The molecule has 0 aromatic heterocycles. The molecule has 1 aromatic carbocycles. The number of amides is 1. The molecular weight excluding hydrogens is 244 g/mol. The van der Waals surface area contributed by atoms with Crippen LogP contribution >= 0.6 is 11.8 Å². The molecule has 1 heterocycles. The van der Waals surface area contributed by atoms with Gasteiger partial charge < -0.3 is 10.6 Å². The molecule has 1 aliphatic rings. The molecule has 2 rings (SSSR count). The molecule has 1 aliphatic heterocycles. The molecule has 4 heteroatoms. The summed E-state index contributed by atoms with van der Waals surface area (Å²) in [7, 11) is 0. The summed E-state index contributed by atoms with van der Waals surface area (Å²) in [5, 5.41) is 6.26. The highest BCUT2D eigenvalue weighted by Crippen LogP contribution is 2.19. The van der Waals surface area contributed by atoms with Crippen LogP contribution in [-0.2, 0) is 4.79 Å². The molecule has 98 valence electrons. The molecule has 1 aromatic rings. The average molecular weight is 264 g/mol. The number of thioether (sulfide) groups is 1. The molecule has 18 heavy (non-hydrogen) atoms. The standard InChI is InChI=1S/C14H20N2OS/c1-2-12(16-14(17)11-8-15-9-11)10-18-13-6-4-3-5-7-13/h3-7,11-12,15H,2,8-10H2,1H3,(H,16,17). The molecule has 1 atom stereocenters. The number of benzene rings is 1. The molecule has 1 unspecified atom stereocenters. The van der Waals surface area contributed by atoms with E-state index in [4.69, 9.17) is 0 Å². The van der Waals surface area contributed by atoms with Crippen molar-refractivity contribution in [2.24, 2.45) is 5.92 Å². The van der Waals surface area contributed by atoms with E-state index in [-0.39, 0.29) is 17.9 Å². The molecular formula is C14H20N2OS. The fraction of sp³-hybridized carbons (Fsp3) is 0.500. The van der Waals surface area contributed by atoms with E-state index in [1.165, 1.54) is 4.90 Å². The first-order valence-electron chi connectivity index (χ1n) is 6.48. The lowest BCUT2D eigenvalue weighted by Crippen LogP contribution is -2.53. The molecule has 0 saturated carbocycles. The second-order valence-electron chi connectivity index (χ2n) is 4.59. The predicted octanol–water partition coefficient (Wildman–Crippen LogP) is 1.89. The van der Waals surface area contributed by atoms with Crippen LogP contribution in [0.3, 0.4) is 0 Å². The van der Waals surface area contributed by atoms with Gasteiger partial charge in [0.15, 0.2) is 0 Å². The van der Waals surface area contributed by atoms with Crippen molar-refractivity contribution in [3.63, 3.8) is 0 Å². The SMILES string of the molecule is CCC(CSc1ccccc1)NC(=O)C1CNC1. The highest BCUT2D eigenvalue weighted by atomic mass is 32.2. The van der Waals surface area contributed by atoms with Gasteiger partial charge in [-0.05, 0) is 18.6 Å². The number of nitrogens with one attached hydrogen (secondary N) is 2. The Kier molecular flexibility index (Phi) is 5.08. The summed E-state index contributed by atoms with van der Waals surface area (Å²) in [5.41, 5.74) is 0. The minimum atomic E-state index is 0.181. The molecule has 1 amide bonds. The number of hydrogen-bond donors (Lipinski definition) is 2. The van der Waals surface area contributed by atoms with Crippen molar-refractivity contribution in [1.82, 2.24) is 10.6 Å². The van der Waals surface area contributed by atoms with E-state index in [2.05, 4.69) is 29.7 Å². The first-order chi connectivity index (χ1) is 8.79. The van der Waals surface area contributed by atoms with Crippen molar-refractivity contribution in [2.45, 2.75) is 24.3 Å². The first-order valence-corrected chi connectivity index (χ1v) is 7.47. The van der Waals surface area contributed by atoms with E-state index in [1.54, 1.807) is 11.8 Å². The topological polar surface area (TPSA) is 41.1 Å². The maximum Gasteiger partial charge on any atom is 0.225 e. The second-order valence-corrected chi connectivity index (χ2v) is 5.69. The van der Waals surface area contributed by atoms with Gasteiger partial charge >= 0.3 is 0 Å². The van der Waals surface area contributed by atoms with Gasteiger partial charge in [0.1, 0.15) is 0 Å². The maximum atomic E-state index is 11.8. The van der Waals surface area contributed by atoms with Gasteiger partial charge in [-0.3, -0.25) is 4.79 Å². The van der Waals surface area contributed by atoms with Gasteiger partial charge in [-0.15, -0.1) is 11.8 Å². The lowest BCUT2D eigenvalue weighted by atomic mass is 10.0. The third-order valence-corrected chi connectivity index (χ3v) is 4.36. The fourth-order valence-electron chi connectivity index (χ4n) is 1.77. The molecule has 0 spiro atoms. The minimum Gasteiger partial charge on any atom is -0.352 e. The van der Waals surface area contributed by atoms with Crippen LogP contribution in [0.15, 0.2) is 35.2 Å². The summed E-state index contributed by atoms with van der Waals surface area (Å²) in [6, 6.07) is 10.6. The van der Waals surface area contributed by atoms with Gasteiger partial charge in [-0.25, -0.2) is 0 Å². The molecule has 0 bridgehead atoms. The smallest absolute Gasteiger partial charge is 0.225 e. The quantitative estimate of drug-likeness (QED) is 0.771. The Hall–Kier alpha value is -1.00. The Balaban J connectivity index is 1.76. The number of carbonyl (C=O) groups is 1. The van der Waals surface area contributed by atoms with Crippen LogP contribution in [0.1, 0.15) is 13.3 Å². The van der Waals surface area contributed by atoms with Crippen LogP contribution in [0.5, 0.6) is 0 Å². The largest absolute Gasteiger partial charge is 0.352 e. The van der Waals surface area contributed by atoms with E-state index < -0.39 is 0 Å². The minimum absolute atomic E-state index is 0.181. The summed E-state index contributed by atoms with van der Waals surface area (Å²) in [6.07, 6.45) is 0.978. The van der Waals surface area contributed by atoms with Crippen LogP contribution in [0.4, 0.5) is 0 Å². The summed E-state index contributed by atoms with van der Waals surface area (Å²) in [6.45, 7) is 3.78. The summed E-state index contributed by atoms with van der Waals surface area (Å²) < 4.78 is 0. The summed E-state index contributed by atoms with van der Waals surface area (Å²) >= 11 is 1.80. The Morgan fingerprint density at radius 1 is 1.44 bits per heavy atom. The third kappa shape index (κ3) is 3.75. The van der Waals surface area contributed by atoms with E-state index >= 15 is 0 Å². The zero-order valence-corrected chi connectivity index (χ0v) is 11.5. The second kappa shape index (κ2) is 6.81. The number of hydrogen-bond acceptors (Lipinski definition) is 3. The number of carbonyl (C=O) groups excluding carboxylic acids is 1. The van der Waals surface area contributed by atoms with Crippen LogP contribution in [0.25, 0.3) is 0 Å². The molecule has 1 fully saturated rings. The van der Waals surface area contributed by atoms with E-state index in [9.17, 15) is 4.79 Å².